The lowest BCUT2D eigenvalue weighted by molar-refractivity contribution is -0.155. The molecule has 0 fully saturated rings. The van der Waals surface area contributed by atoms with Gasteiger partial charge in [0.25, 0.3) is 0 Å². The zero-order valence-corrected chi connectivity index (χ0v) is 12.8. The Kier molecular flexibility index (Phi) is 4.94. The molecule has 0 aliphatic heterocycles. The third kappa shape index (κ3) is 3.26. The number of carbonyl (C=O) groups is 2. The summed E-state index contributed by atoms with van der Waals surface area (Å²) in [5.41, 5.74) is -0.632. The van der Waals surface area contributed by atoms with Crippen LogP contribution in [0.15, 0.2) is 12.2 Å². The average Bonchev–Trinajstić information content (AvgIpc) is 2.61. The number of ketones is 1. The van der Waals surface area contributed by atoms with Crippen molar-refractivity contribution in [3.8, 4) is 0 Å². The Bertz CT molecular complexity index is 381. The van der Waals surface area contributed by atoms with Crippen LogP contribution in [0.25, 0.3) is 0 Å². The first-order chi connectivity index (χ1) is 8.74. The molecular formula is C16H26O3. The van der Waals surface area contributed by atoms with Crippen LogP contribution in [0.1, 0.15) is 53.9 Å². The zero-order valence-electron chi connectivity index (χ0n) is 12.8. The quantitative estimate of drug-likeness (QED) is 0.545. The summed E-state index contributed by atoms with van der Waals surface area (Å²) in [6, 6.07) is 0. The van der Waals surface area contributed by atoms with E-state index >= 15 is 0 Å². The Balaban J connectivity index is 2.55. The van der Waals surface area contributed by atoms with Crippen molar-refractivity contribution in [3.05, 3.63) is 12.2 Å². The summed E-state index contributed by atoms with van der Waals surface area (Å²) in [5, 5.41) is 0. The maximum atomic E-state index is 12.4. The van der Waals surface area contributed by atoms with E-state index in [0.29, 0.717) is 0 Å². The molecule has 0 aromatic carbocycles. The molecule has 0 aromatic rings. The molecule has 0 saturated carbocycles. The van der Waals surface area contributed by atoms with Crippen molar-refractivity contribution < 1.29 is 14.3 Å². The Morgan fingerprint density at radius 2 is 1.95 bits per heavy atom. The van der Waals surface area contributed by atoms with Gasteiger partial charge in [0, 0.05) is 5.41 Å². The van der Waals surface area contributed by atoms with Gasteiger partial charge >= 0.3 is 5.97 Å². The van der Waals surface area contributed by atoms with Crippen LogP contribution in [-0.4, -0.2) is 18.4 Å². The first kappa shape index (κ1) is 15.9. The van der Waals surface area contributed by atoms with E-state index in [-0.39, 0.29) is 29.7 Å². The Labute approximate surface area is 116 Å². The third-order valence-corrected chi connectivity index (χ3v) is 4.57. The number of hydrogen-bond donors (Lipinski definition) is 0. The number of ether oxygens (including phenoxy) is 1. The van der Waals surface area contributed by atoms with Crippen LogP contribution in [-0.2, 0) is 14.3 Å². The Hall–Kier alpha value is -1.12. The predicted octanol–water partition coefficient (Wildman–Crippen LogP) is 3.53. The van der Waals surface area contributed by atoms with E-state index in [0.717, 1.165) is 19.3 Å². The highest BCUT2D eigenvalue weighted by atomic mass is 16.5. The maximum Gasteiger partial charge on any atom is 0.309 e. The molecular weight excluding hydrogens is 240 g/mol. The number of Topliss-reactive ketones (excluding diaryl/α,β-unsaturated/α-hetero) is 1. The number of carbonyl (C=O) groups excluding carboxylic acids is 2. The minimum absolute atomic E-state index is 0.0135. The SMILES string of the molecule is CCC[C@@H](C)C(=O)OCC(=O)[C@]1(C)CC=CC1(C)C. The fourth-order valence-corrected chi connectivity index (χ4v) is 2.50. The first-order valence-electron chi connectivity index (χ1n) is 7.12. The molecule has 19 heavy (non-hydrogen) atoms. The van der Waals surface area contributed by atoms with Crippen LogP contribution in [0.5, 0.6) is 0 Å². The van der Waals surface area contributed by atoms with Crippen molar-refractivity contribution in [2.24, 2.45) is 16.7 Å². The first-order valence-corrected chi connectivity index (χ1v) is 7.12. The molecule has 0 spiro atoms. The summed E-state index contributed by atoms with van der Waals surface area (Å²) < 4.78 is 5.17. The standard InChI is InChI=1S/C16H26O3/c1-6-8-12(2)14(18)19-11-13(17)16(5)10-7-9-15(16,3)4/h7,9,12H,6,8,10-11H2,1-5H3/t12-,16+/m1/s1. The lowest BCUT2D eigenvalue weighted by atomic mass is 9.66. The van der Waals surface area contributed by atoms with Gasteiger partial charge in [0.2, 0.25) is 0 Å². The number of allylic oxidation sites excluding steroid dienone is 2. The molecule has 0 bridgehead atoms. The second-order valence-electron chi connectivity index (χ2n) is 6.38. The molecule has 0 saturated heterocycles. The van der Waals surface area contributed by atoms with Gasteiger partial charge in [-0.25, -0.2) is 0 Å². The average molecular weight is 266 g/mol. The fraction of sp³-hybridized carbons (Fsp3) is 0.750. The van der Waals surface area contributed by atoms with Crippen LogP contribution < -0.4 is 0 Å². The normalized spacial score (nSPS) is 26.2. The highest BCUT2D eigenvalue weighted by Crippen LogP contribution is 2.48. The molecule has 0 radical (unpaired) electrons. The predicted molar refractivity (Wildman–Crippen MR) is 75.7 cm³/mol. The second-order valence-corrected chi connectivity index (χ2v) is 6.38. The van der Waals surface area contributed by atoms with Crippen LogP contribution in [0.4, 0.5) is 0 Å². The molecule has 1 aliphatic carbocycles. The molecule has 0 N–H and O–H groups in total. The monoisotopic (exact) mass is 266 g/mol. The van der Waals surface area contributed by atoms with Gasteiger partial charge in [-0.15, -0.1) is 0 Å². The molecule has 0 amide bonds. The highest BCUT2D eigenvalue weighted by molar-refractivity contribution is 5.89. The van der Waals surface area contributed by atoms with E-state index in [1.807, 2.05) is 26.8 Å². The largest absolute Gasteiger partial charge is 0.457 e. The molecule has 0 unspecified atom stereocenters. The van der Waals surface area contributed by atoms with Gasteiger partial charge in [-0.05, 0) is 18.3 Å². The number of rotatable bonds is 6. The van der Waals surface area contributed by atoms with Crippen molar-refractivity contribution >= 4 is 11.8 Å². The van der Waals surface area contributed by atoms with Crippen molar-refractivity contribution in [2.75, 3.05) is 6.61 Å². The lowest BCUT2D eigenvalue weighted by Gasteiger charge is -2.36. The highest BCUT2D eigenvalue weighted by Gasteiger charge is 2.47. The molecule has 2 atom stereocenters. The van der Waals surface area contributed by atoms with Gasteiger partial charge in [-0.2, -0.15) is 0 Å². The van der Waals surface area contributed by atoms with Crippen molar-refractivity contribution in [2.45, 2.75) is 53.9 Å². The molecule has 3 heteroatoms. The van der Waals surface area contributed by atoms with E-state index in [4.69, 9.17) is 4.74 Å². The van der Waals surface area contributed by atoms with Crippen molar-refractivity contribution in [3.63, 3.8) is 0 Å². The number of hydrogen-bond acceptors (Lipinski definition) is 3. The van der Waals surface area contributed by atoms with Crippen LogP contribution in [0, 0.1) is 16.7 Å². The van der Waals surface area contributed by atoms with Gasteiger partial charge in [0.1, 0.15) is 0 Å². The fourth-order valence-electron chi connectivity index (χ4n) is 2.50. The van der Waals surface area contributed by atoms with E-state index in [1.54, 1.807) is 0 Å². The Morgan fingerprint density at radius 3 is 2.42 bits per heavy atom. The summed E-state index contributed by atoms with van der Waals surface area (Å²) in [4.78, 5) is 24.1. The van der Waals surface area contributed by atoms with E-state index in [2.05, 4.69) is 19.9 Å². The van der Waals surface area contributed by atoms with Crippen LogP contribution in [0.3, 0.4) is 0 Å². The lowest BCUT2D eigenvalue weighted by Crippen LogP contribution is -2.40. The third-order valence-electron chi connectivity index (χ3n) is 4.57. The van der Waals surface area contributed by atoms with Gasteiger partial charge in [-0.3, -0.25) is 9.59 Å². The smallest absolute Gasteiger partial charge is 0.309 e. The zero-order chi connectivity index (χ0) is 14.7. The van der Waals surface area contributed by atoms with E-state index in [1.165, 1.54) is 0 Å². The van der Waals surface area contributed by atoms with Crippen LogP contribution in [0.2, 0.25) is 0 Å². The molecule has 0 heterocycles. The summed E-state index contributed by atoms with van der Waals surface area (Å²) >= 11 is 0. The van der Waals surface area contributed by atoms with E-state index in [9.17, 15) is 9.59 Å². The van der Waals surface area contributed by atoms with Crippen molar-refractivity contribution in [1.29, 1.82) is 0 Å². The van der Waals surface area contributed by atoms with Crippen molar-refractivity contribution in [1.82, 2.24) is 0 Å². The molecule has 108 valence electrons. The molecule has 1 rings (SSSR count). The molecule has 0 aromatic heterocycles. The van der Waals surface area contributed by atoms with Gasteiger partial charge in [0.05, 0.1) is 5.92 Å². The minimum Gasteiger partial charge on any atom is -0.457 e. The summed E-state index contributed by atoms with van der Waals surface area (Å²) in [5.74, 6) is -0.373. The summed E-state index contributed by atoms with van der Waals surface area (Å²) in [6.07, 6.45) is 6.59. The molecule has 1 aliphatic rings. The second kappa shape index (κ2) is 5.89. The number of esters is 1. The van der Waals surface area contributed by atoms with E-state index < -0.39 is 5.41 Å². The van der Waals surface area contributed by atoms with Gasteiger partial charge < -0.3 is 4.74 Å². The topological polar surface area (TPSA) is 43.4 Å². The summed E-state index contributed by atoms with van der Waals surface area (Å²) in [6.45, 7) is 9.83. The van der Waals surface area contributed by atoms with Gasteiger partial charge in [-0.1, -0.05) is 53.2 Å². The van der Waals surface area contributed by atoms with Gasteiger partial charge in [0.15, 0.2) is 12.4 Å². The summed E-state index contributed by atoms with van der Waals surface area (Å²) in [7, 11) is 0. The Morgan fingerprint density at radius 1 is 1.32 bits per heavy atom. The maximum absolute atomic E-state index is 12.4. The molecule has 3 nitrogen and oxygen atoms in total. The van der Waals surface area contributed by atoms with Crippen LogP contribution >= 0.6 is 0 Å². The minimum atomic E-state index is -0.457.